The second kappa shape index (κ2) is 8.01. The molecular formula is C16H12F2N2O6. The van der Waals surface area contributed by atoms with Crippen molar-refractivity contribution in [2.75, 3.05) is 12.3 Å². The van der Waals surface area contributed by atoms with Crippen LogP contribution in [0.4, 0.5) is 20.2 Å². The average Bonchev–Trinajstić information content (AvgIpc) is 2.59. The number of nitrogen functional groups attached to an aromatic ring is 1. The van der Waals surface area contributed by atoms with Crippen molar-refractivity contribution in [1.29, 1.82) is 0 Å². The largest absolute Gasteiger partial charge is 0.454 e. The fourth-order valence-corrected chi connectivity index (χ4v) is 1.95. The Kier molecular flexibility index (Phi) is 5.78. The highest BCUT2D eigenvalue weighted by atomic mass is 19.3. The minimum Gasteiger partial charge on any atom is -0.454 e. The number of Topliss-reactive ketones (excluding diaryl/α,β-unsaturated/α-hetero) is 1. The molecule has 0 saturated carbocycles. The summed E-state index contributed by atoms with van der Waals surface area (Å²) in [5.74, 6) is -1.66. The van der Waals surface area contributed by atoms with E-state index in [9.17, 15) is 28.5 Å². The number of carbonyl (C=O) groups is 2. The molecule has 0 aliphatic rings. The van der Waals surface area contributed by atoms with Gasteiger partial charge in [-0.15, -0.1) is 0 Å². The zero-order valence-corrected chi connectivity index (χ0v) is 13.1. The predicted molar refractivity (Wildman–Crippen MR) is 85.2 cm³/mol. The summed E-state index contributed by atoms with van der Waals surface area (Å²) in [7, 11) is 0. The molecule has 0 saturated heterocycles. The number of ether oxygens (including phenoxy) is 2. The number of nitro groups is 1. The minimum atomic E-state index is -2.98. The van der Waals surface area contributed by atoms with Crippen LogP contribution in [0.1, 0.15) is 20.7 Å². The zero-order chi connectivity index (χ0) is 19.3. The van der Waals surface area contributed by atoms with Crippen molar-refractivity contribution in [3.63, 3.8) is 0 Å². The molecule has 2 aromatic rings. The van der Waals surface area contributed by atoms with Crippen molar-refractivity contribution in [2.24, 2.45) is 0 Å². The molecular weight excluding hydrogens is 354 g/mol. The second-order valence-corrected chi connectivity index (χ2v) is 4.93. The van der Waals surface area contributed by atoms with Crippen molar-refractivity contribution in [3.05, 3.63) is 63.7 Å². The number of alkyl halides is 2. The highest BCUT2D eigenvalue weighted by Gasteiger charge is 2.18. The molecule has 136 valence electrons. The maximum absolute atomic E-state index is 12.1. The van der Waals surface area contributed by atoms with Crippen molar-refractivity contribution in [3.8, 4) is 5.75 Å². The number of hydrogen-bond donors (Lipinski definition) is 1. The molecule has 0 aliphatic heterocycles. The number of esters is 1. The monoisotopic (exact) mass is 366 g/mol. The summed E-state index contributed by atoms with van der Waals surface area (Å²) in [6.45, 7) is -3.62. The number of nitrogens with zero attached hydrogens (tertiary/aromatic N) is 1. The summed E-state index contributed by atoms with van der Waals surface area (Å²) < 4.78 is 33.1. The van der Waals surface area contributed by atoms with E-state index in [1.165, 1.54) is 36.4 Å². The lowest BCUT2D eigenvalue weighted by Gasteiger charge is -2.07. The molecule has 10 heteroatoms. The van der Waals surface area contributed by atoms with Crippen LogP contribution in [0, 0.1) is 10.1 Å². The lowest BCUT2D eigenvalue weighted by atomic mass is 10.1. The van der Waals surface area contributed by atoms with Gasteiger partial charge in [0.05, 0.1) is 10.5 Å². The fraction of sp³-hybridized carbons (Fsp3) is 0.125. The van der Waals surface area contributed by atoms with Crippen LogP contribution >= 0.6 is 0 Å². The van der Waals surface area contributed by atoms with E-state index in [4.69, 9.17) is 10.5 Å². The lowest BCUT2D eigenvalue weighted by molar-refractivity contribution is -0.383. The number of nitro benzene ring substituents is 1. The van der Waals surface area contributed by atoms with Gasteiger partial charge >= 0.3 is 12.6 Å². The number of halogens is 2. The van der Waals surface area contributed by atoms with Crippen molar-refractivity contribution in [2.45, 2.75) is 6.61 Å². The highest BCUT2D eigenvalue weighted by molar-refractivity contribution is 5.99. The third-order valence-electron chi connectivity index (χ3n) is 3.20. The molecule has 2 rings (SSSR count). The topological polar surface area (TPSA) is 122 Å². The summed E-state index contributed by atoms with van der Waals surface area (Å²) in [6, 6.07) is 8.17. The zero-order valence-electron chi connectivity index (χ0n) is 13.1. The van der Waals surface area contributed by atoms with Crippen LogP contribution < -0.4 is 10.5 Å². The lowest BCUT2D eigenvalue weighted by Crippen LogP contribution is -2.14. The molecule has 26 heavy (non-hydrogen) atoms. The Morgan fingerprint density at radius 1 is 1.12 bits per heavy atom. The number of carbonyl (C=O) groups excluding carboxylic acids is 2. The van der Waals surface area contributed by atoms with E-state index >= 15 is 0 Å². The fourth-order valence-electron chi connectivity index (χ4n) is 1.95. The normalized spacial score (nSPS) is 10.4. The first kappa shape index (κ1) is 18.8. The Morgan fingerprint density at radius 2 is 1.73 bits per heavy atom. The number of ketones is 1. The van der Waals surface area contributed by atoms with Crippen LogP contribution in [-0.2, 0) is 4.74 Å². The van der Waals surface area contributed by atoms with Gasteiger partial charge in [0.1, 0.15) is 11.4 Å². The minimum absolute atomic E-state index is 0.114. The summed E-state index contributed by atoms with van der Waals surface area (Å²) in [4.78, 5) is 33.9. The first-order valence-corrected chi connectivity index (χ1v) is 7.07. The molecule has 0 fully saturated rings. The van der Waals surface area contributed by atoms with E-state index in [1.54, 1.807) is 0 Å². The number of anilines is 1. The number of hydrogen-bond acceptors (Lipinski definition) is 7. The van der Waals surface area contributed by atoms with E-state index in [-0.39, 0.29) is 22.6 Å². The average molecular weight is 366 g/mol. The molecule has 0 aromatic heterocycles. The number of rotatable bonds is 7. The third-order valence-corrected chi connectivity index (χ3v) is 3.20. The van der Waals surface area contributed by atoms with E-state index in [0.717, 1.165) is 6.07 Å². The Bertz CT molecular complexity index is 839. The summed E-state index contributed by atoms with van der Waals surface area (Å²) in [5.41, 5.74) is 4.83. The molecule has 8 nitrogen and oxygen atoms in total. The van der Waals surface area contributed by atoms with Crippen molar-refractivity contribution >= 4 is 23.1 Å². The van der Waals surface area contributed by atoms with Crippen molar-refractivity contribution < 1.29 is 32.8 Å². The molecule has 0 bridgehead atoms. The SMILES string of the molecule is Nc1ccc(C(=O)OCC(=O)c2ccc(OC(F)F)cc2)cc1[N+](=O)[O-]. The third kappa shape index (κ3) is 4.72. The van der Waals surface area contributed by atoms with Gasteiger partial charge in [0.2, 0.25) is 0 Å². The maximum Gasteiger partial charge on any atom is 0.387 e. The predicted octanol–water partition coefficient (Wildman–Crippen LogP) is 2.82. The van der Waals surface area contributed by atoms with Crippen LogP contribution in [-0.4, -0.2) is 29.9 Å². The molecule has 2 aromatic carbocycles. The quantitative estimate of drug-likeness (QED) is 0.263. The van der Waals surface area contributed by atoms with Gasteiger partial charge in [-0.05, 0) is 36.4 Å². The molecule has 0 spiro atoms. The molecule has 0 heterocycles. The maximum atomic E-state index is 12.1. The molecule has 0 amide bonds. The number of benzene rings is 2. The number of nitrogens with two attached hydrogens (primary N) is 1. The molecule has 0 aliphatic carbocycles. The smallest absolute Gasteiger partial charge is 0.387 e. The van der Waals surface area contributed by atoms with E-state index in [0.29, 0.717) is 0 Å². The molecule has 0 unspecified atom stereocenters. The standard InChI is InChI=1S/C16H12F2N2O6/c17-16(18)26-11-4-1-9(2-5-11)14(21)8-25-15(22)10-3-6-12(19)13(7-10)20(23)24/h1-7,16H,8,19H2. The molecule has 0 atom stereocenters. The Hall–Kier alpha value is -3.56. The van der Waals surface area contributed by atoms with Gasteiger partial charge in [0.25, 0.3) is 5.69 Å². The second-order valence-electron chi connectivity index (χ2n) is 4.93. The van der Waals surface area contributed by atoms with Gasteiger partial charge in [0, 0.05) is 11.6 Å². The van der Waals surface area contributed by atoms with Gasteiger partial charge in [-0.2, -0.15) is 8.78 Å². The van der Waals surface area contributed by atoms with Crippen LogP contribution in [0.25, 0.3) is 0 Å². The van der Waals surface area contributed by atoms with Crippen LogP contribution in [0.2, 0.25) is 0 Å². The van der Waals surface area contributed by atoms with Gasteiger partial charge in [-0.3, -0.25) is 14.9 Å². The molecule has 0 radical (unpaired) electrons. The Labute approximate surface area is 145 Å². The first-order valence-electron chi connectivity index (χ1n) is 7.07. The van der Waals surface area contributed by atoms with Gasteiger partial charge in [-0.25, -0.2) is 4.79 Å². The van der Waals surface area contributed by atoms with Crippen molar-refractivity contribution in [1.82, 2.24) is 0 Å². The highest BCUT2D eigenvalue weighted by Crippen LogP contribution is 2.22. The van der Waals surface area contributed by atoms with E-state index in [2.05, 4.69) is 4.74 Å². The first-order chi connectivity index (χ1) is 12.3. The van der Waals surface area contributed by atoms with Gasteiger partial charge in [0.15, 0.2) is 12.4 Å². The van der Waals surface area contributed by atoms with Gasteiger partial charge in [-0.1, -0.05) is 0 Å². The van der Waals surface area contributed by atoms with E-state index in [1.807, 2.05) is 0 Å². The Balaban J connectivity index is 1.99. The van der Waals surface area contributed by atoms with Crippen LogP contribution in [0.3, 0.4) is 0 Å². The van der Waals surface area contributed by atoms with Crippen LogP contribution in [0.5, 0.6) is 5.75 Å². The summed E-state index contributed by atoms with van der Waals surface area (Å²) >= 11 is 0. The Morgan fingerprint density at radius 3 is 2.31 bits per heavy atom. The summed E-state index contributed by atoms with van der Waals surface area (Å²) in [6.07, 6.45) is 0. The van der Waals surface area contributed by atoms with Crippen LogP contribution in [0.15, 0.2) is 42.5 Å². The van der Waals surface area contributed by atoms with Gasteiger partial charge < -0.3 is 15.2 Å². The summed E-state index contributed by atoms with van der Waals surface area (Å²) in [5, 5.41) is 10.8. The van der Waals surface area contributed by atoms with E-state index < -0.39 is 35.6 Å². The molecule has 2 N–H and O–H groups in total.